The quantitative estimate of drug-likeness (QED) is 0.797. The van der Waals surface area contributed by atoms with Crippen LogP contribution in [0.5, 0.6) is 0 Å². The number of fused-ring (bicyclic) bond motifs is 1. The van der Waals surface area contributed by atoms with Crippen LogP contribution >= 0.6 is 0 Å². The standard InChI is InChI=1S/C15H23N3O/c1-4-16(5-2)11-12-18-14-10-8-7-9-13(14)17(6-3)15(18)19/h7-10H,4-6,11-12H2,1-3H3. The Labute approximate surface area is 114 Å². The van der Waals surface area contributed by atoms with Crippen molar-refractivity contribution in [2.45, 2.75) is 33.9 Å². The maximum atomic E-state index is 12.4. The molecule has 2 aromatic rings. The van der Waals surface area contributed by atoms with Gasteiger partial charge < -0.3 is 4.90 Å². The van der Waals surface area contributed by atoms with Crippen molar-refractivity contribution in [3.63, 3.8) is 0 Å². The smallest absolute Gasteiger partial charge is 0.302 e. The van der Waals surface area contributed by atoms with Gasteiger partial charge in [-0.15, -0.1) is 0 Å². The molecule has 19 heavy (non-hydrogen) atoms. The first-order valence-corrected chi connectivity index (χ1v) is 7.13. The Bertz CT molecular complexity index is 593. The van der Waals surface area contributed by atoms with Crippen molar-refractivity contribution in [2.75, 3.05) is 19.6 Å². The highest BCUT2D eigenvalue weighted by Crippen LogP contribution is 2.12. The van der Waals surface area contributed by atoms with Gasteiger partial charge in [-0.05, 0) is 32.1 Å². The summed E-state index contributed by atoms with van der Waals surface area (Å²) in [5, 5.41) is 0. The average Bonchev–Trinajstić information content (AvgIpc) is 2.72. The fourth-order valence-electron chi connectivity index (χ4n) is 2.58. The molecule has 0 unspecified atom stereocenters. The topological polar surface area (TPSA) is 30.2 Å². The molecule has 0 saturated heterocycles. The van der Waals surface area contributed by atoms with Crippen molar-refractivity contribution in [3.05, 3.63) is 34.7 Å². The summed E-state index contributed by atoms with van der Waals surface area (Å²) in [5.41, 5.74) is 2.19. The molecule has 0 spiro atoms. The third-order valence-corrected chi connectivity index (χ3v) is 3.78. The maximum Gasteiger partial charge on any atom is 0.329 e. The zero-order valence-electron chi connectivity index (χ0n) is 12.1. The molecule has 0 N–H and O–H groups in total. The van der Waals surface area contributed by atoms with Gasteiger partial charge in [0.25, 0.3) is 0 Å². The number of hydrogen-bond acceptors (Lipinski definition) is 2. The van der Waals surface area contributed by atoms with Gasteiger partial charge in [-0.3, -0.25) is 9.13 Å². The van der Waals surface area contributed by atoms with Crippen LogP contribution in [-0.2, 0) is 13.1 Å². The van der Waals surface area contributed by atoms with E-state index in [4.69, 9.17) is 0 Å². The van der Waals surface area contributed by atoms with E-state index in [1.807, 2.05) is 40.3 Å². The second-order valence-corrected chi connectivity index (χ2v) is 4.69. The van der Waals surface area contributed by atoms with E-state index in [0.717, 1.165) is 43.8 Å². The average molecular weight is 261 g/mol. The molecule has 0 aliphatic heterocycles. The van der Waals surface area contributed by atoms with Crippen molar-refractivity contribution in [2.24, 2.45) is 0 Å². The number of likely N-dealkylation sites (N-methyl/N-ethyl adjacent to an activating group) is 1. The molecule has 0 atom stereocenters. The summed E-state index contributed by atoms with van der Waals surface area (Å²) < 4.78 is 3.74. The van der Waals surface area contributed by atoms with Gasteiger partial charge in [0, 0.05) is 19.6 Å². The number of imidazole rings is 1. The SMILES string of the molecule is CCN(CC)CCn1c(=O)n(CC)c2ccccc21. The predicted molar refractivity (Wildman–Crippen MR) is 79.7 cm³/mol. The van der Waals surface area contributed by atoms with Gasteiger partial charge >= 0.3 is 5.69 Å². The summed E-state index contributed by atoms with van der Waals surface area (Å²) in [5.74, 6) is 0. The number of aromatic nitrogens is 2. The van der Waals surface area contributed by atoms with Crippen molar-refractivity contribution in [1.29, 1.82) is 0 Å². The normalized spacial score (nSPS) is 11.6. The Kier molecular flexibility index (Phi) is 4.43. The van der Waals surface area contributed by atoms with E-state index >= 15 is 0 Å². The molecule has 0 saturated carbocycles. The molecule has 2 rings (SSSR count). The van der Waals surface area contributed by atoms with Gasteiger partial charge in [0.1, 0.15) is 0 Å². The first-order valence-electron chi connectivity index (χ1n) is 7.13. The van der Waals surface area contributed by atoms with E-state index in [2.05, 4.69) is 18.7 Å². The Morgan fingerprint density at radius 1 is 1.00 bits per heavy atom. The molecule has 0 fully saturated rings. The number of benzene rings is 1. The molecular weight excluding hydrogens is 238 g/mol. The van der Waals surface area contributed by atoms with Crippen LogP contribution in [0.15, 0.2) is 29.1 Å². The Morgan fingerprint density at radius 3 is 2.11 bits per heavy atom. The first kappa shape index (κ1) is 13.9. The molecule has 4 nitrogen and oxygen atoms in total. The Balaban J connectivity index is 2.37. The zero-order chi connectivity index (χ0) is 13.8. The third kappa shape index (κ3) is 2.59. The molecule has 0 radical (unpaired) electrons. The molecule has 0 aliphatic rings. The van der Waals surface area contributed by atoms with Crippen LogP contribution in [0, 0.1) is 0 Å². The van der Waals surface area contributed by atoms with Gasteiger partial charge in [0.15, 0.2) is 0 Å². The van der Waals surface area contributed by atoms with Crippen LogP contribution < -0.4 is 5.69 Å². The number of aryl methyl sites for hydroxylation is 1. The van der Waals surface area contributed by atoms with Gasteiger partial charge in [0.05, 0.1) is 11.0 Å². The highest BCUT2D eigenvalue weighted by molar-refractivity contribution is 5.75. The van der Waals surface area contributed by atoms with Crippen LogP contribution in [0.3, 0.4) is 0 Å². The van der Waals surface area contributed by atoms with E-state index in [1.165, 1.54) is 0 Å². The van der Waals surface area contributed by atoms with Crippen LogP contribution in [0.4, 0.5) is 0 Å². The molecule has 1 heterocycles. The summed E-state index contributed by atoms with van der Waals surface area (Å²) in [4.78, 5) is 14.8. The highest BCUT2D eigenvalue weighted by atomic mass is 16.1. The third-order valence-electron chi connectivity index (χ3n) is 3.78. The van der Waals surface area contributed by atoms with Gasteiger partial charge in [-0.2, -0.15) is 0 Å². The molecule has 104 valence electrons. The van der Waals surface area contributed by atoms with E-state index in [9.17, 15) is 4.79 Å². The largest absolute Gasteiger partial charge is 0.329 e. The van der Waals surface area contributed by atoms with E-state index in [-0.39, 0.29) is 5.69 Å². The lowest BCUT2D eigenvalue weighted by atomic mass is 10.3. The molecule has 4 heteroatoms. The lowest BCUT2D eigenvalue weighted by Gasteiger charge is -2.17. The molecule has 0 amide bonds. The maximum absolute atomic E-state index is 12.4. The van der Waals surface area contributed by atoms with E-state index < -0.39 is 0 Å². The van der Waals surface area contributed by atoms with Crippen LogP contribution in [0.25, 0.3) is 11.0 Å². The zero-order valence-corrected chi connectivity index (χ0v) is 12.1. The summed E-state index contributed by atoms with van der Waals surface area (Å²) in [7, 11) is 0. The Morgan fingerprint density at radius 2 is 1.58 bits per heavy atom. The van der Waals surface area contributed by atoms with Gasteiger partial charge in [-0.25, -0.2) is 4.79 Å². The van der Waals surface area contributed by atoms with Crippen LogP contribution in [-0.4, -0.2) is 33.7 Å². The minimum absolute atomic E-state index is 0.107. The van der Waals surface area contributed by atoms with Crippen molar-refractivity contribution >= 4 is 11.0 Å². The van der Waals surface area contributed by atoms with E-state index in [0.29, 0.717) is 0 Å². The Hall–Kier alpha value is -1.55. The minimum atomic E-state index is 0.107. The number of rotatable bonds is 6. The summed E-state index contributed by atoms with van der Waals surface area (Å²) >= 11 is 0. The molecule has 0 aliphatic carbocycles. The fourth-order valence-corrected chi connectivity index (χ4v) is 2.58. The predicted octanol–water partition coefficient (Wildman–Crippen LogP) is 2.16. The van der Waals surface area contributed by atoms with E-state index in [1.54, 1.807) is 0 Å². The van der Waals surface area contributed by atoms with Gasteiger partial charge in [-0.1, -0.05) is 26.0 Å². The summed E-state index contributed by atoms with van der Waals surface area (Å²) in [6.45, 7) is 10.8. The molecule has 0 bridgehead atoms. The lowest BCUT2D eigenvalue weighted by Crippen LogP contribution is -2.31. The first-order chi connectivity index (χ1) is 9.22. The monoisotopic (exact) mass is 261 g/mol. The second-order valence-electron chi connectivity index (χ2n) is 4.69. The van der Waals surface area contributed by atoms with Crippen LogP contribution in [0.2, 0.25) is 0 Å². The van der Waals surface area contributed by atoms with Crippen molar-refractivity contribution in [3.8, 4) is 0 Å². The summed E-state index contributed by atoms with van der Waals surface area (Å²) in [6, 6.07) is 8.04. The van der Waals surface area contributed by atoms with Gasteiger partial charge in [0.2, 0.25) is 0 Å². The molecule has 1 aromatic carbocycles. The molecule has 1 aromatic heterocycles. The lowest BCUT2D eigenvalue weighted by molar-refractivity contribution is 0.290. The minimum Gasteiger partial charge on any atom is -0.302 e. The summed E-state index contributed by atoms with van der Waals surface area (Å²) in [6.07, 6.45) is 0. The van der Waals surface area contributed by atoms with Crippen molar-refractivity contribution < 1.29 is 0 Å². The fraction of sp³-hybridized carbons (Fsp3) is 0.533. The number of nitrogens with zero attached hydrogens (tertiary/aromatic N) is 3. The second kappa shape index (κ2) is 6.06. The highest BCUT2D eigenvalue weighted by Gasteiger charge is 2.11. The number of para-hydroxylation sites is 2. The van der Waals surface area contributed by atoms with Crippen molar-refractivity contribution in [1.82, 2.24) is 14.0 Å². The molecular formula is C15H23N3O. The number of hydrogen-bond donors (Lipinski definition) is 0. The van der Waals surface area contributed by atoms with Crippen LogP contribution in [0.1, 0.15) is 20.8 Å².